The molecule has 1 unspecified atom stereocenters. The SMILES string of the molecule is COc1cc(C(=O)O)ccc1NC1=NCC2C(=N1)N(CCC(C)C)C(C)(C)C(=O)N2C. The second kappa shape index (κ2) is 8.56. The van der Waals surface area contributed by atoms with Gasteiger partial charge < -0.3 is 25.0 Å². The summed E-state index contributed by atoms with van der Waals surface area (Å²) in [5.41, 5.74) is -0.00178. The van der Waals surface area contributed by atoms with E-state index in [1.54, 1.807) is 18.0 Å². The zero-order chi connectivity index (χ0) is 22.9. The Hall–Kier alpha value is -3.10. The molecule has 1 aromatic rings. The van der Waals surface area contributed by atoms with Crippen LogP contribution in [0.2, 0.25) is 0 Å². The van der Waals surface area contributed by atoms with Gasteiger partial charge in [0.2, 0.25) is 11.9 Å². The van der Waals surface area contributed by atoms with E-state index in [0.717, 1.165) is 18.8 Å². The highest BCUT2D eigenvalue weighted by molar-refractivity contribution is 6.10. The van der Waals surface area contributed by atoms with E-state index in [2.05, 4.69) is 29.1 Å². The molecule has 0 spiro atoms. The monoisotopic (exact) mass is 429 g/mol. The molecule has 31 heavy (non-hydrogen) atoms. The molecule has 9 heteroatoms. The van der Waals surface area contributed by atoms with Crippen molar-refractivity contribution in [3.63, 3.8) is 0 Å². The molecule has 9 nitrogen and oxygen atoms in total. The number of hydrogen-bond donors (Lipinski definition) is 2. The number of likely N-dealkylation sites (N-methyl/N-ethyl adjacent to an activating group) is 1. The van der Waals surface area contributed by atoms with Gasteiger partial charge in [-0.15, -0.1) is 0 Å². The lowest BCUT2D eigenvalue weighted by Crippen LogP contribution is -2.70. The van der Waals surface area contributed by atoms with Gasteiger partial charge in [-0.2, -0.15) is 4.99 Å². The molecule has 1 saturated heterocycles. The van der Waals surface area contributed by atoms with Gasteiger partial charge in [-0.25, -0.2) is 9.79 Å². The molecule has 0 aliphatic carbocycles. The van der Waals surface area contributed by atoms with Crippen LogP contribution in [-0.2, 0) is 4.79 Å². The predicted octanol–water partition coefficient (Wildman–Crippen LogP) is 2.54. The Bertz CT molecular complexity index is 938. The zero-order valence-electron chi connectivity index (χ0n) is 19.0. The number of carboxylic acids is 1. The third kappa shape index (κ3) is 4.35. The van der Waals surface area contributed by atoms with Crippen LogP contribution in [0.3, 0.4) is 0 Å². The number of aliphatic imine (C=N–C) groups is 2. The highest BCUT2D eigenvalue weighted by Crippen LogP contribution is 2.30. The Kier molecular flexibility index (Phi) is 6.24. The smallest absolute Gasteiger partial charge is 0.335 e. The lowest BCUT2D eigenvalue weighted by atomic mass is 9.92. The van der Waals surface area contributed by atoms with Crippen molar-refractivity contribution >= 4 is 29.4 Å². The van der Waals surface area contributed by atoms with Crippen LogP contribution in [0.1, 0.15) is 44.5 Å². The number of benzene rings is 1. The topological polar surface area (TPSA) is 107 Å². The van der Waals surface area contributed by atoms with Crippen LogP contribution in [0.5, 0.6) is 5.75 Å². The van der Waals surface area contributed by atoms with Gasteiger partial charge in [-0.05, 0) is 44.4 Å². The number of ether oxygens (including phenoxy) is 1. The maximum Gasteiger partial charge on any atom is 0.335 e. The van der Waals surface area contributed by atoms with Gasteiger partial charge in [0, 0.05) is 13.6 Å². The van der Waals surface area contributed by atoms with Crippen LogP contribution in [0, 0.1) is 5.92 Å². The third-order valence-electron chi connectivity index (χ3n) is 5.82. The van der Waals surface area contributed by atoms with Crippen molar-refractivity contribution in [2.75, 3.05) is 32.6 Å². The Morgan fingerprint density at radius 2 is 2.10 bits per heavy atom. The number of fused-ring (bicyclic) bond motifs is 1. The van der Waals surface area contributed by atoms with Crippen LogP contribution < -0.4 is 10.1 Å². The lowest BCUT2D eigenvalue weighted by Gasteiger charge is -2.51. The number of guanidine groups is 1. The average Bonchev–Trinajstić information content (AvgIpc) is 2.72. The number of anilines is 1. The number of carbonyl (C=O) groups excluding carboxylic acids is 1. The van der Waals surface area contributed by atoms with E-state index in [4.69, 9.17) is 9.73 Å². The predicted molar refractivity (Wildman–Crippen MR) is 120 cm³/mol. The first kappa shape index (κ1) is 22.6. The minimum Gasteiger partial charge on any atom is -0.495 e. The number of aromatic carboxylic acids is 1. The molecule has 0 aromatic heterocycles. The van der Waals surface area contributed by atoms with Gasteiger partial charge in [0.15, 0.2) is 0 Å². The van der Waals surface area contributed by atoms with E-state index < -0.39 is 11.5 Å². The molecule has 168 valence electrons. The number of amides is 1. The molecule has 1 aromatic carbocycles. The molecule has 2 aliphatic heterocycles. The van der Waals surface area contributed by atoms with Crippen LogP contribution in [0.15, 0.2) is 28.2 Å². The van der Waals surface area contributed by atoms with E-state index in [1.165, 1.54) is 19.2 Å². The van der Waals surface area contributed by atoms with E-state index in [9.17, 15) is 14.7 Å². The molecular weight excluding hydrogens is 398 g/mol. The molecule has 0 bridgehead atoms. The molecule has 3 rings (SSSR count). The fourth-order valence-corrected chi connectivity index (χ4v) is 3.88. The molecule has 2 aliphatic rings. The van der Waals surface area contributed by atoms with Gasteiger partial charge in [-0.3, -0.25) is 4.79 Å². The second-order valence-corrected chi connectivity index (χ2v) is 8.80. The van der Waals surface area contributed by atoms with Crippen LogP contribution >= 0.6 is 0 Å². The van der Waals surface area contributed by atoms with E-state index in [1.807, 2.05) is 13.8 Å². The number of piperazine rings is 1. The lowest BCUT2D eigenvalue weighted by molar-refractivity contribution is -0.143. The summed E-state index contributed by atoms with van der Waals surface area (Å²) in [6.07, 6.45) is 0.941. The van der Waals surface area contributed by atoms with E-state index in [-0.39, 0.29) is 17.5 Å². The number of nitrogens with zero attached hydrogens (tertiary/aromatic N) is 4. The summed E-state index contributed by atoms with van der Waals surface area (Å²) in [4.78, 5) is 37.4. The van der Waals surface area contributed by atoms with Crippen molar-refractivity contribution in [3.05, 3.63) is 23.8 Å². The molecule has 0 saturated carbocycles. The minimum atomic E-state index is -1.03. The molecule has 1 atom stereocenters. The van der Waals surface area contributed by atoms with Gasteiger partial charge in [0.25, 0.3) is 0 Å². The number of methoxy groups -OCH3 is 1. The molecule has 1 amide bonds. The maximum atomic E-state index is 13.0. The van der Waals surface area contributed by atoms with Gasteiger partial charge in [0.05, 0.1) is 24.9 Å². The van der Waals surface area contributed by atoms with Crippen molar-refractivity contribution in [3.8, 4) is 5.75 Å². The molecule has 2 heterocycles. The fraction of sp³-hybridized carbons (Fsp3) is 0.545. The second-order valence-electron chi connectivity index (χ2n) is 8.80. The van der Waals surface area contributed by atoms with E-state index >= 15 is 0 Å². The largest absolute Gasteiger partial charge is 0.495 e. The van der Waals surface area contributed by atoms with E-state index in [0.29, 0.717) is 29.9 Å². The highest BCUT2D eigenvalue weighted by Gasteiger charge is 2.48. The number of carboxylic acid groups (broad SMARTS) is 1. The van der Waals surface area contributed by atoms with Crippen molar-refractivity contribution in [2.24, 2.45) is 15.9 Å². The van der Waals surface area contributed by atoms with Gasteiger partial charge >= 0.3 is 5.97 Å². The first-order chi connectivity index (χ1) is 14.6. The molecule has 0 radical (unpaired) electrons. The molecule has 1 fully saturated rings. The van der Waals surface area contributed by atoms with Gasteiger partial charge in [-0.1, -0.05) is 13.8 Å². The fourth-order valence-electron chi connectivity index (χ4n) is 3.88. The number of carbonyl (C=O) groups is 2. The summed E-state index contributed by atoms with van der Waals surface area (Å²) in [6, 6.07) is 4.37. The van der Waals surface area contributed by atoms with Gasteiger partial charge in [0.1, 0.15) is 23.2 Å². The summed E-state index contributed by atoms with van der Waals surface area (Å²) >= 11 is 0. The minimum absolute atomic E-state index is 0.0535. The number of nitrogens with one attached hydrogen (secondary N) is 1. The van der Waals surface area contributed by atoms with Crippen molar-refractivity contribution in [1.29, 1.82) is 0 Å². The standard InChI is InChI=1S/C22H31N5O4/c1-13(2)9-10-27-18-16(26(5)20(30)22(27,3)4)12-23-21(25-18)24-15-8-7-14(19(28)29)11-17(15)31-6/h7-8,11,13,16H,9-10,12H2,1-6H3,(H,23,24)(H,28,29). The normalized spacial score (nSPS) is 20.2. The van der Waals surface area contributed by atoms with Crippen LogP contribution in [-0.4, -0.2) is 77.4 Å². The summed E-state index contributed by atoms with van der Waals surface area (Å²) in [6.45, 7) is 9.30. The zero-order valence-corrected chi connectivity index (χ0v) is 19.0. The quantitative estimate of drug-likeness (QED) is 0.720. The maximum absolute atomic E-state index is 13.0. The molecular formula is C22H31N5O4. The first-order valence-electron chi connectivity index (χ1n) is 10.4. The Morgan fingerprint density at radius 1 is 1.39 bits per heavy atom. The number of hydrogen-bond acceptors (Lipinski definition) is 7. The first-order valence-corrected chi connectivity index (χ1v) is 10.4. The third-order valence-corrected chi connectivity index (χ3v) is 5.82. The summed E-state index contributed by atoms with van der Waals surface area (Å²) in [7, 11) is 3.28. The molecule has 2 N–H and O–H groups in total. The Morgan fingerprint density at radius 3 is 2.71 bits per heavy atom. The van der Waals surface area contributed by atoms with Crippen molar-refractivity contribution in [1.82, 2.24) is 9.80 Å². The van der Waals surface area contributed by atoms with Crippen molar-refractivity contribution in [2.45, 2.75) is 45.7 Å². The van der Waals surface area contributed by atoms with Crippen LogP contribution in [0.25, 0.3) is 0 Å². The average molecular weight is 430 g/mol. The Balaban J connectivity index is 1.93. The Labute approximate surface area is 182 Å². The van der Waals surface area contributed by atoms with Crippen molar-refractivity contribution < 1.29 is 19.4 Å². The number of rotatable bonds is 6. The highest BCUT2D eigenvalue weighted by atomic mass is 16.5. The summed E-state index contributed by atoms with van der Waals surface area (Å²) in [5.74, 6) is 1.13. The van der Waals surface area contributed by atoms with Crippen LogP contribution in [0.4, 0.5) is 5.69 Å². The summed E-state index contributed by atoms with van der Waals surface area (Å²) < 4.78 is 5.34. The number of amidine groups is 1. The summed E-state index contributed by atoms with van der Waals surface area (Å²) in [5, 5.41) is 12.4.